The number of carbonyl (C=O) groups is 2. The second kappa shape index (κ2) is 15.6. The summed E-state index contributed by atoms with van der Waals surface area (Å²) < 4.78 is 5.01. The molecule has 0 bridgehead atoms. The Bertz CT molecular complexity index is 272. The normalized spacial score (nSPS) is 10.4. The Balaban J connectivity index is 3.21. The zero-order valence-corrected chi connectivity index (χ0v) is 14.1. The van der Waals surface area contributed by atoms with Gasteiger partial charge >= 0.3 is 5.97 Å². The summed E-state index contributed by atoms with van der Waals surface area (Å²) in [4.78, 5) is 22.2. The van der Waals surface area contributed by atoms with Gasteiger partial charge in [-0.05, 0) is 6.42 Å². The van der Waals surface area contributed by atoms with E-state index in [4.69, 9.17) is 16.3 Å². The molecule has 0 radical (unpaired) electrons. The van der Waals surface area contributed by atoms with Crippen LogP contribution in [0.2, 0.25) is 0 Å². The molecular formula is C16H30ClNO3. The van der Waals surface area contributed by atoms with Crippen LogP contribution in [0.3, 0.4) is 0 Å². The number of ether oxygens (including phenoxy) is 1. The molecule has 0 spiro atoms. The second-order valence-electron chi connectivity index (χ2n) is 5.28. The molecule has 0 saturated carbocycles. The first-order valence-corrected chi connectivity index (χ1v) is 8.72. The van der Waals surface area contributed by atoms with Crippen LogP contribution in [0.1, 0.15) is 71.1 Å². The quantitative estimate of drug-likeness (QED) is 0.301. The number of unbranched alkanes of at least 4 members (excludes halogenated alkanes) is 8. The molecule has 0 aliphatic carbocycles. The zero-order valence-electron chi connectivity index (χ0n) is 13.3. The summed E-state index contributed by atoms with van der Waals surface area (Å²) in [5.41, 5.74) is 0. The van der Waals surface area contributed by atoms with E-state index in [1.54, 1.807) is 0 Å². The van der Waals surface area contributed by atoms with Gasteiger partial charge in [0.2, 0.25) is 5.91 Å². The van der Waals surface area contributed by atoms with Crippen LogP contribution in [0.25, 0.3) is 0 Å². The molecule has 0 aromatic rings. The van der Waals surface area contributed by atoms with Crippen molar-refractivity contribution in [2.75, 3.05) is 19.0 Å². The molecule has 0 unspecified atom stereocenters. The molecule has 0 atom stereocenters. The highest BCUT2D eigenvalue weighted by molar-refractivity contribution is 6.27. The lowest BCUT2D eigenvalue weighted by Crippen LogP contribution is -2.28. The second-order valence-corrected chi connectivity index (χ2v) is 5.55. The SMILES string of the molecule is CCCCCCCCCCCC(=O)OCCNC(=O)CCl. The van der Waals surface area contributed by atoms with Gasteiger partial charge in [0, 0.05) is 6.42 Å². The van der Waals surface area contributed by atoms with Crippen molar-refractivity contribution >= 4 is 23.5 Å². The number of nitrogens with one attached hydrogen (secondary N) is 1. The van der Waals surface area contributed by atoms with E-state index in [0.29, 0.717) is 13.0 Å². The highest BCUT2D eigenvalue weighted by atomic mass is 35.5. The first-order valence-electron chi connectivity index (χ1n) is 8.19. The molecule has 4 nitrogen and oxygen atoms in total. The van der Waals surface area contributed by atoms with Gasteiger partial charge in [-0.3, -0.25) is 9.59 Å². The number of halogens is 1. The topological polar surface area (TPSA) is 55.4 Å². The first-order chi connectivity index (χ1) is 10.2. The number of hydrogen-bond donors (Lipinski definition) is 1. The lowest BCUT2D eigenvalue weighted by Gasteiger charge is -2.06. The van der Waals surface area contributed by atoms with Crippen LogP contribution in [0.15, 0.2) is 0 Å². The van der Waals surface area contributed by atoms with Crippen molar-refractivity contribution in [2.45, 2.75) is 71.1 Å². The molecule has 1 amide bonds. The first kappa shape index (κ1) is 20.2. The van der Waals surface area contributed by atoms with E-state index in [1.807, 2.05) is 0 Å². The minimum absolute atomic E-state index is 0.0631. The minimum atomic E-state index is -0.244. The van der Waals surface area contributed by atoms with Crippen LogP contribution in [0.4, 0.5) is 0 Å². The fourth-order valence-electron chi connectivity index (χ4n) is 2.05. The molecule has 0 saturated heterocycles. The third-order valence-corrected chi connectivity index (χ3v) is 3.54. The number of alkyl halides is 1. The van der Waals surface area contributed by atoms with E-state index in [1.165, 1.54) is 44.9 Å². The van der Waals surface area contributed by atoms with Crippen molar-refractivity contribution in [1.82, 2.24) is 5.32 Å². The van der Waals surface area contributed by atoms with Crippen LogP contribution in [0.5, 0.6) is 0 Å². The van der Waals surface area contributed by atoms with Crippen LogP contribution in [-0.2, 0) is 14.3 Å². The van der Waals surface area contributed by atoms with Crippen molar-refractivity contribution in [1.29, 1.82) is 0 Å². The van der Waals surface area contributed by atoms with Gasteiger partial charge in [-0.15, -0.1) is 11.6 Å². The summed E-state index contributed by atoms with van der Waals surface area (Å²) in [5.74, 6) is -0.489. The Labute approximate surface area is 134 Å². The maximum atomic E-state index is 11.4. The van der Waals surface area contributed by atoms with Crippen molar-refractivity contribution < 1.29 is 14.3 Å². The minimum Gasteiger partial charge on any atom is -0.464 e. The van der Waals surface area contributed by atoms with Crippen molar-refractivity contribution in [2.24, 2.45) is 0 Å². The van der Waals surface area contributed by atoms with Crippen molar-refractivity contribution in [3.8, 4) is 0 Å². The summed E-state index contributed by atoms with van der Waals surface area (Å²) in [5, 5.41) is 2.54. The number of esters is 1. The molecule has 5 heteroatoms. The fraction of sp³-hybridized carbons (Fsp3) is 0.875. The number of carbonyl (C=O) groups excluding carboxylic acids is 2. The number of amides is 1. The summed E-state index contributed by atoms with van der Waals surface area (Å²) in [6.45, 7) is 2.78. The standard InChI is InChI=1S/C16H30ClNO3/c1-2-3-4-5-6-7-8-9-10-11-16(20)21-13-12-18-15(19)14-17/h2-14H2,1H3,(H,18,19). The van der Waals surface area contributed by atoms with E-state index in [0.717, 1.165) is 12.8 Å². The summed E-state index contributed by atoms with van der Waals surface area (Å²) in [6, 6.07) is 0. The number of rotatable bonds is 14. The van der Waals surface area contributed by atoms with Gasteiger partial charge in [-0.25, -0.2) is 0 Å². The molecule has 0 aliphatic rings. The zero-order chi connectivity index (χ0) is 15.8. The molecular weight excluding hydrogens is 290 g/mol. The Morgan fingerprint density at radius 2 is 1.52 bits per heavy atom. The summed E-state index contributed by atoms with van der Waals surface area (Å²) in [6.07, 6.45) is 11.5. The Kier molecular flexibility index (Phi) is 15.0. The molecule has 21 heavy (non-hydrogen) atoms. The highest BCUT2D eigenvalue weighted by Crippen LogP contribution is 2.10. The largest absolute Gasteiger partial charge is 0.464 e. The van der Waals surface area contributed by atoms with Gasteiger partial charge in [0.15, 0.2) is 0 Å². The average molecular weight is 320 g/mol. The Morgan fingerprint density at radius 1 is 0.952 bits per heavy atom. The summed E-state index contributed by atoms with van der Waals surface area (Å²) in [7, 11) is 0. The monoisotopic (exact) mass is 319 g/mol. The van der Waals surface area contributed by atoms with Gasteiger partial charge in [-0.1, -0.05) is 58.3 Å². The van der Waals surface area contributed by atoms with E-state index in [-0.39, 0.29) is 24.4 Å². The Morgan fingerprint density at radius 3 is 2.10 bits per heavy atom. The van der Waals surface area contributed by atoms with E-state index in [9.17, 15) is 9.59 Å². The van der Waals surface area contributed by atoms with Crippen molar-refractivity contribution in [3.05, 3.63) is 0 Å². The molecule has 0 aliphatic heterocycles. The van der Waals surface area contributed by atoms with Crippen LogP contribution >= 0.6 is 11.6 Å². The third kappa shape index (κ3) is 15.4. The number of hydrogen-bond acceptors (Lipinski definition) is 3. The summed E-state index contributed by atoms with van der Waals surface area (Å²) >= 11 is 5.32. The van der Waals surface area contributed by atoms with Gasteiger partial charge in [0.25, 0.3) is 0 Å². The molecule has 0 heterocycles. The maximum Gasteiger partial charge on any atom is 0.305 e. The third-order valence-electron chi connectivity index (χ3n) is 3.29. The van der Waals surface area contributed by atoms with Crippen LogP contribution in [0, 0.1) is 0 Å². The van der Waals surface area contributed by atoms with Crippen molar-refractivity contribution in [3.63, 3.8) is 0 Å². The van der Waals surface area contributed by atoms with Crippen LogP contribution < -0.4 is 5.32 Å². The average Bonchev–Trinajstić information content (AvgIpc) is 2.49. The predicted octanol–water partition coefficient (Wildman–Crippen LogP) is 3.81. The van der Waals surface area contributed by atoms with Gasteiger partial charge < -0.3 is 10.1 Å². The fourth-order valence-corrected chi connectivity index (χ4v) is 2.15. The molecule has 0 rings (SSSR count). The highest BCUT2D eigenvalue weighted by Gasteiger charge is 2.03. The van der Waals surface area contributed by atoms with Crippen LogP contribution in [-0.4, -0.2) is 30.9 Å². The van der Waals surface area contributed by atoms with E-state index < -0.39 is 0 Å². The Hall–Kier alpha value is -0.770. The molecule has 0 aromatic carbocycles. The smallest absolute Gasteiger partial charge is 0.305 e. The lowest BCUT2D eigenvalue weighted by molar-refractivity contribution is -0.144. The maximum absolute atomic E-state index is 11.4. The molecule has 0 aromatic heterocycles. The van der Waals surface area contributed by atoms with Gasteiger partial charge in [0.05, 0.1) is 6.54 Å². The predicted molar refractivity (Wildman–Crippen MR) is 86.5 cm³/mol. The molecule has 0 fully saturated rings. The van der Waals surface area contributed by atoms with Gasteiger partial charge in [0.1, 0.15) is 12.5 Å². The lowest BCUT2D eigenvalue weighted by atomic mass is 10.1. The molecule has 124 valence electrons. The molecule has 1 N–H and O–H groups in total. The van der Waals surface area contributed by atoms with E-state index >= 15 is 0 Å². The van der Waals surface area contributed by atoms with E-state index in [2.05, 4.69) is 12.2 Å². The van der Waals surface area contributed by atoms with Gasteiger partial charge in [-0.2, -0.15) is 0 Å².